The molecule has 0 aliphatic carbocycles. The zero-order valence-electron chi connectivity index (χ0n) is 23.8. The normalized spacial score (nSPS) is 20.1. The second kappa shape index (κ2) is 12.6. The predicted octanol–water partition coefficient (Wildman–Crippen LogP) is 2.63. The molecular formula is C29H32F4N6O3Se. The number of methoxy groups -OCH3 is 1. The molecule has 0 radical (unpaired) electrons. The number of halogens is 4. The fraction of sp³-hybridized carbons (Fsp3) is 0.448. The van der Waals surface area contributed by atoms with Crippen LogP contribution < -0.4 is 25.1 Å². The van der Waals surface area contributed by atoms with Gasteiger partial charge in [0.2, 0.25) is 0 Å². The number of pyridine rings is 1. The van der Waals surface area contributed by atoms with E-state index in [9.17, 15) is 22.4 Å². The van der Waals surface area contributed by atoms with Crippen LogP contribution in [0.1, 0.15) is 29.4 Å². The summed E-state index contributed by atoms with van der Waals surface area (Å²) in [5.41, 5.74) is 0.864. The molecule has 2 aliphatic rings. The SMILES string of the molecule is COc1cc(C(=O)NC2(C)COC2)ccc1NCC#Cc1nn2c(NC3CCN(C)CC3F)cccc2c1[Se]C(F)(F)F. The second-order valence-electron chi connectivity index (χ2n) is 10.8. The number of anilines is 2. The van der Waals surface area contributed by atoms with Crippen LogP contribution in [0.15, 0.2) is 36.4 Å². The van der Waals surface area contributed by atoms with Gasteiger partial charge in [-0.05, 0) is 6.92 Å². The summed E-state index contributed by atoms with van der Waals surface area (Å²) in [6.45, 7) is 3.84. The van der Waals surface area contributed by atoms with Gasteiger partial charge in [0.15, 0.2) is 0 Å². The standard InChI is InChI=1S/C29H32F4N6O3Se/c1-28(16-42-17-28)36-27(40)18-9-10-21(24(14-18)41-3)34-12-5-6-22-26(43-29(31,32)33)23-7-4-8-25(39(23)37-22)35-20-11-13-38(2)15-19(20)30/h4,7-10,14,19-20,34-35H,11-13,15-17H2,1-3H3,(H,36,40). The minimum atomic E-state index is -4.42. The van der Waals surface area contributed by atoms with Crippen LogP contribution in [0, 0.1) is 11.8 Å². The Labute approximate surface area is 252 Å². The molecule has 4 heterocycles. The van der Waals surface area contributed by atoms with Gasteiger partial charge in [0, 0.05) is 0 Å². The van der Waals surface area contributed by atoms with Crippen molar-refractivity contribution in [3.8, 4) is 17.6 Å². The van der Waals surface area contributed by atoms with Crippen LogP contribution in [0.25, 0.3) is 5.52 Å². The maximum atomic E-state index is 14.7. The molecule has 2 aliphatic heterocycles. The number of hydrogen-bond donors (Lipinski definition) is 3. The number of ether oxygens (including phenoxy) is 2. The number of carbonyl (C=O) groups excluding carboxylic acids is 1. The molecule has 2 fully saturated rings. The van der Waals surface area contributed by atoms with Crippen LogP contribution in [-0.4, -0.2) is 105 Å². The second-order valence-corrected chi connectivity index (χ2v) is 13.1. The van der Waals surface area contributed by atoms with Crippen LogP contribution in [0.4, 0.5) is 29.1 Å². The molecule has 0 saturated carbocycles. The van der Waals surface area contributed by atoms with Crippen molar-refractivity contribution >= 4 is 42.3 Å². The van der Waals surface area contributed by atoms with Crippen molar-refractivity contribution in [1.29, 1.82) is 0 Å². The predicted molar refractivity (Wildman–Crippen MR) is 156 cm³/mol. The van der Waals surface area contributed by atoms with Crippen LogP contribution in [0.3, 0.4) is 0 Å². The summed E-state index contributed by atoms with van der Waals surface area (Å²) in [5, 5.41) is 9.16. The van der Waals surface area contributed by atoms with Gasteiger partial charge < -0.3 is 4.74 Å². The monoisotopic (exact) mass is 668 g/mol. The maximum absolute atomic E-state index is 14.7. The van der Waals surface area contributed by atoms with Crippen LogP contribution in [0.5, 0.6) is 5.75 Å². The number of piperidine rings is 1. The fourth-order valence-corrected chi connectivity index (χ4v) is 6.36. The number of amides is 1. The first kappa shape index (κ1) is 30.9. The van der Waals surface area contributed by atoms with Crippen molar-refractivity contribution in [1.82, 2.24) is 19.8 Å². The Kier molecular flexibility index (Phi) is 9.08. The zero-order valence-corrected chi connectivity index (χ0v) is 25.6. The van der Waals surface area contributed by atoms with E-state index in [2.05, 4.69) is 32.9 Å². The van der Waals surface area contributed by atoms with E-state index in [1.54, 1.807) is 36.4 Å². The fourth-order valence-electron chi connectivity index (χ4n) is 4.94. The van der Waals surface area contributed by atoms with E-state index in [1.165, 1.54) is 11.6 Å². The summed E-state index contributed by atoms with van der Waals surface area (Å²) >= 11 is -1.90. The molecule has 1 aromatic carbocycles. The van der Waals surface area contributed by atoms with Crippen molar-refractivity contribution in [2.45, 2.75) is 36.2 Å². The number of alkyl halides is 4. The van der Waals surface area contributed by atoms with E-state index in [4.69, 9.17) is 9.47 Å². The molecule has 2 atom stereocenters. The van der Waals surface area contributed by atoms with Gasteiger partial charge in [0.05, 0.1) is 18.8 Å². The zero-order chi connectivity index (χ0) is 30.8. The number of carbonyl (C=O) groups is 1. The molecule has 2 aromatic heterocycles. The Balaban J connectivity index is 1.34. The number of benzene rings is 1. The average Bonchev–Trinajstić information content (AvgIpc) is 3.28. The molecule has 230 valence electrons. The summed E-state index contributed by atoms with van der Waals surface area (Å²) in [7, 11) is 3.32. The molecule has 9 nitrogen and oxygen atoms in total. The summed E-state index contributed by atoms with van der Waals surface area (Å²) in [4.78, 5) is 14.5. The van der Waals surface area contributed by atoms with Gasteiger partial charge in [-0.2, -0.15) is 0 Å². The minimum absolute atomic E-state index is 0.00910. The third-order valence-electron chi connectivity index (χ3n) is 7.20. The average molecular weight is 668 g/mol. The first-order chi connectivity index (χ1) is 20.4. The third kappa shape index (κ3) is 7.36. The van der Waals surface area contributed by atoms with Crippen molar-refractivity contribution in [2.75, 3.05) is 57.6 Å². The van der Waals surface area contributed by atoms with Crippen LogP contribution >= 0.6 is 0 Å². The Morgan fingerprint density at radius 1 is 1.28 bits per heavy atom. The molecule has 2 unspecified atom stereocenters. The number of fused-ring (bicyclic) bond motifs is 1. The number of aromatic nitrogens is 2. The van der Waals surface area contributed by atoms with Crippen molar-refractivity contribution in [3.63, 3.8) is 0 Å². The van der Waals surface area contributed by atoms with Crippen molar-refractivity contribution in [3.05, 3.63) is 47.7 Å². The Bertz CT molecular complexity index is 1550. The number of nitrogens with one attached hydrogen (secondary N) is 3. The van der Waals surface area contributed by atoms with E-state index in [0.717, 1.165) is 0 Å². The van der Waals surface area contributed by atoms with E-state index >= 15 is 0 Å². The number of likely N-dealkylation sites (tertiary alicyclic amines) is 1. The molecule has 2 saturated heterocycles. The Morgan fingerprint density at radius 2 is 2.07 bits per heavy atom. The topological polar surface area (TPSA) is 92.2 Å². The summed E-state index contributed by atoms with van der Waals surface area (Å²) in [6, 6.07) is 9.30. The van der Waals surface area contributed by atoms with Gasteiger partial charge in [-0.25, -0.2) is 0 Å². The molecular weight excluding hydrogens is 635 g/mol. The van der Waals surface area contributed by atoms with Gasteiger partial charge in [0.1, 0.15) is 0 Å². The Morgan fingerprint density at radius 3 is 2.74 bits per heavy atom. The summed E-state index contributed by atoms with van der Waals surface area (Å²) in [6.07, 6.45) is -0.578. The molecule has 3 aromatic rings. The molecule has 43 heavy (non-hydrogen) atoms. The first-order valence-electron chi connectivity index (χ1n) is 13.6. The first-order valence-corrected chi connectivity index (χ1v) is 15.3. The van der Waals surface area contributed by atoms with E-state index < -0.39 is 37.8 Å². The van der Waals surface area contributed by atoms with Gasteiger partial charge in [-0.1, -0.05) is 0 Å². The third-order valence-corrected chi connectivity index (χ3v) is 8.96. The molecule has 14 heteroatoms. The number of nitrogens with zero attached hydrogens (tertiary/aromatic N) is 3. The van der Waals surface area contributed by atoms with Crippen molar-refractivity contribution < 1.29 is 31.8 Å². The van der Waals surface area contributed by atoms with Crippen LogP contribution in [-0.2, 0) is 4.74 Å². The van der Waals surface area contributed by atoms with E-state index in [-0.39, 0.29) is 34.7 Å². The number of hydrogen-bond acceptors (Lipinski definition) is 7. The molecule has 0 bridgehead atoms. The van der Waals surface area contributed by atoms with E-state index in [1.807, 2.05) is 18.9 Å². The molecule has 5 rings (SSSR count). The molecule has 3 N–H and O–H groups in total. The van der Waals surface area contributed by atoms with Crippen molar-refractivity contribution in [2.24, 2.45) is 0 Å². The molecule has 1 amide bonds. The van der Waals surface area contributed by atoms with Gasteiger partial charge in [0.25, 0.3) is 0 Å². The van der Waals surface area contributed by atoms with Gasteiger partial charge in [-0.15, -0.1) is 0 Å². The quantitative estimate of drug-likeness (QED) is 0.194. The van der Waals surface area contributed by atoms with E-state index in [0.29, 0.717) is 49.0 Å². The molecule has 0 spiro atoms. The van der Waals surface area contributed by atoms with Gasteiger partial charge in [-0.3, -0.25) is 0 Å². The van der Waals surface area contributed by atoms with Gasteiger partial charge >= 0.3 is 223 Å². The Hall–Kier alpha value is -3.50. The van der Waals surface area contributed by atoms with Crippen LogP contribution in [0.2, 0.25) is 0 Å². The summed E-state index contributed by atoms with van der Waals surface area (Å²) < 4.78 is 67.5. The number of rotatable bonds is 8. The summed E-state index contributed by atoms with van der Waals surface area (Å²) in [5.74, 6) is 6.21.